The standard InChI is InChI=1S/C25H21NO5S/c1-15(11-23(27)26-20-9-10-32-24(20)25(28)30-3)17-12-18-19(16-7-5-4-6-8-16)14-31-22(18)13-21(17)29-2/h4-14H,1-3H3,(H,26,27)/b15-11+. The average Bonchev–Trinajstić information content (AvgIpc) is 3.44. The molecule has 7 heteroatoms. The molecule has 2 aromatic heterocycles. The minimum absolute atomic E-state index is 0.344. The van der Waals surface area contributed by atoms with Gasteiger partial charge in [0.15, 0.2) is 0 Å². The summed E-state index contributed by atoms with van der Waals surface area (Å²) in [5, 5.41) is 5.39. The molecule has 0 aliphatic rings. The van der Waals surface area contributed by atoms with Gasteiger partial charge in [0.05, 0.1) is 26.2 Å². The van der Waals surface area contributed by atoms with E-state index in [0.717, 1.165) is 22.1 Å². The minimum atomic E-state index is -0.489. The van der Waals surface area contributed by atoms with Crippen molar-refractivity contribution in [1.29, 1.82) is 0 Å². The Morgan fingerprint density at radius 3 is 2.59 bits per heavy atom. The Morgan fingerprint density at radius 2 is 1.88 bits per heavy atom. The van der Waals surface area contributed by atoms with Crippen molar-refractivity contribution in [3.63, 3.8) is 0 Å². The SMILES string of the molecule is COC(=O)c1sccc1NC(=O)/C=C(\C)c1cc2c(-c3ccccc3)coc2cc1OC. The Kier molecular flexibility index (Phi) is 6.09. The van der Waals surface area contributed by atoms with Gasteiger partial charge in [0.2, 0.25) is 5.91 Å². The van der Waals surface area contributed by atoms with E-state index in [1.165, 1.54) is 24.5 Å². The number of furan rings is 1. The maximum atomic E-state index is 12.7. The third kappa shape index (κ3) is 4.15. The van der Waals surface area contributed by atoms with Crippen LogP contribution in [0.5, 0.6) is 5.75 Å². The topological polar surface area (TPSA) is 77.8 Å². The lowest BCUT2D eigenvalue weighted by Gasteiger charge is -2.10. The number of fused-ring (bicyclic) bond motifs is 1. The quantitative estimate of drug-likeness (QED) is 0.290. The van der Waals surface area contributed by atoms with E-state index in [1.807, 2.05) is 49.4 Å². The maximum absolute atomic E-state index is 12.7. The van der Waals surface area contributed by atoms with Gasteiger partial charge in [-0.2, -0.15) is 0 Å². The molecule has 0 radical (unpaired) electrons. The molecule has 0 saturated carbocycles. The van der Waals surface area contributed by atoms with Gasteiger partial charge >= 0.3 is 5.97 Å². The number of hydrogen-bond acceptors (Lipinski definition) is 6. The summed E-state index contributed by atoms with van der Waals surface area (Å²) >= 11 is 1.21. The fraction of sp³-hybridized carbons (Fsp3) is 0.120. The highest BCUT2D eigenvalue weighted by Crippen LogP contribution is 2.37. The lowest BCUT2D eigenvalue weighted by Crippen LogP contribution is -2.11. The van der Waals surface area contributed by atoms with Crippen molar-refractivity contribution in [2.75, 3.05) is 19.5 Å². The van der Waals surface area contributed by atoms with Gasteiger partial charge in [-0.1, -0.05) is 30.3 Å². The van der Waals surface area contributed by atoms with Crippen LogP contribution in [0.2, 0.25) is 0 Å². The second-order valence-corrected chi connectivity index (χ2v) is 7.95. The van der Waals surface area contributed by atoms with Crippen LogP contribution in [0, 0.1) is 0 Å². The number of ether oxygens (including phenoxy) is 2. The normalized spacial score (nSPS) is 11.4. The number of amides is 1. The molecular formula is C25H21NO5S. The third-order valence-electron chi connectivity index (χ3n) is 5.05. The summed E-state index contributed by atoms with van der Waals surface area (Å²) in [5.74, 6) is -0.251. The number of allylic oxidation sites excluding steroid dienone is 1. The van der Waals surface area contributed by atoms with Crippen molar-refractivity contribution in [2.45, 2.75) is 6.92 Å². The molecular weight excluding hydrogens is 426 g/mol. The Balaban J connectivity index is 1.68. The van der Waals surface area contributed by atoms with Crippen LogP contribution in [0.4, 0.5) is 5.69 Å². The molecule has 32 heavy (non-hydrogen) atoms. The summed E-state index contributed by atoms with van der Waals surface area (Å²) in [6, 6.07) is 15.4. The summed E-state index contributed by atoms with van der Waals surface area (Å²) in [7, 11) is 2.88. The number of esters is 1. The maximum Gasteiger partial charge on any atom is 0.350 e. The van der Waals surface area contributed by atoms with Gasteiger partial charge in [-0.3, -0.25) is 4.79 Å². The number of carbonyl (C=O) groups is 2. The second-order valence-electron chi connectivity index (χ2n) is 7.04. The summed E-state index contributed by atoms with van der Waals surface area (Å²) in [5.41, 5.74) is 4.59. The number of methoxy groups -OCH3 is 2. The van der Waals surface area contributed by atoms with Crippen molar-refractivity contribution < 1.29 is 23.5 Å². The molecule has 0 atom stereocenters. The van der Waals surface area contributed by atoms with Crippen LogP contribution in [-0.2, 0) is 9.53 Å². The summed E-state index contributed by atoms with van der Waals surface area (Å²) < 4.78 is 16.1. The average molecular weight is 448 g/mol. The number of carbonyl (C=O) groups excluding carboxylic acids is 2. The molecule has 4 aromatic rings. The van der Waals surface area contributed by atoms with E-state index in [2.05, 4.69) is 5.32 Å². The molecule has 4 rings (SSSR count). The van der Waals surface area contributed by atoms with Gasteiger partial charge in [0.25, 0.3) is 0 Å². The monoisotopic (exact) mass is 447 g/mol. The zero-order chi connectivity index (χ0) is 22.7. The van der Waals surface area contributed by atoms with E-state index in [0.29, 0.717) is 27.5 Å². The predicted octanol–water partition coefficient (Wildman–Crippen LogP) is 6.00. The number of rotatable bonds is 6. The fourth-order valence-corrected chi connectivity index (χ4v) is 4.24. The third-order valence-corrected chi connectivity index (χ3v) is 5.94. The first kappa shape index (κ1) is 21.4. The van der Waals surface area contributed by atoms with Crippen LogP contribution < -0.4 is 10.1 Å². The van der Waals surface area contributed by atoms with E-state index in [-0.39, 0.29) is 5.91 Å². The molecule has 1 amide bonds. The van der Waals surface area contributed by atoms with Gasteiger partial charge in [0, 0.05) is 28.7 Å². The fourth-order valence-electron chi connectivity index (χ4n) is 3.48. The van der Waals surface area contributed by atoms with E-state index < -0.39 is 5.97 Å². The smallest absolute Gasteiger partial charge is 0.350 e. The van der Waals surface area contributed by atoms with Crippen LogP contribution in [0.3, 0.4) is 0 Å². The van der Waals surface area contributed by atoms with E-state index in [1.54, 1.807) is 24.8 Å². The highest BCUT2D eigenvalue weighted by molar-refractivity contribution is 7.12. The Hall–Kier alpha value is -3.84. The van der Waals surface area contributed by atoms with Crippen LogP contribution in [0.15, 0.2) is 70.7 Å². The summed E-state index contributed by atoms with van der Waals surface area (Å²) in [4.78, 5) is 24.9. The molecule has 0 aliphatic heterocycles. The van der Waals surface area contributed by atoms with Gasteiger partial charge in [-0.15, -0.1) is 11.3 Å². The number of nitrogens with one attached hydrogen (secondary N) is 1. The highest BCUT2D eigenvalue weighted by atomic mass is 32.1. The Morgan fingerprint density at radius 1 is 1.09 bits per heavy atom. The molecule has 0 saturated heterocycles. The van der Waals surface area contributed by atoms with Gasteiger partial charge in [-0.25, -0.2) is 4.79 Å². The van der Waals surface area contributed by atoms with Crippen molar-refractivity contribution >= 4 is 45.4 Å². The minimum Gasteiger partial charge on any atom is -0.496 e. The van der Waals surface area contributed by atoms with Crippen molar-refractivity contribution in [3.8, 4) is 16.9 Å². The first-order valence-electron chi connectivity index (χ1n) is 9.82. The number of anilines is 1. The predicted molar refractivity (Wildman–Crippen MR) is 126 cm³/mol. The molecule has 2 aromatic carbocycles. The first-order chi connectivity index (χ1) is 15.5. The molecule has 0 bridgehead atoms. The van der Waals surface area contributed by atoms with Gasteiger partial charge in [0.1, 0.15) is 16.2 Å². The zero-order valence-electron chi connectivity index (χ0n) is 17.8. The van der Waals surface area contributed by atoms with Crippen LogP contribution in [0.25, 0.3) is 27.7 Å². The number of thiophene rings is 1. The largest absolute Gasteiger partial charge is 0.496 e. The molecule has 0 unspecified atom stereocenters. The molecule has 162 valence electrons. The lowest BCUT2D eigenvalue weighted by atomic mass is 9.99. The summed E-state index contributed by atoms with van der Waals surface area (Å²) in [6.45, 7) is 1.83. The van der Waals surface area contributed by atoms with Crippen LogP contribution in [-0.4, -0.2) is 26.1 Å². The number of hydrogen-bond donors (Lipinski definition) is 1. The molecule has 2 heterocycles. The van der Waals surface area contributed by atoms with Crippen molar-refractivity contribution in [1.82, 2.24) is 0 Å². The lowest BCUT2D eigenvalue weighted by molar-refractivity contribution is -0.111. The Labute approximate surface area is 189 Å². The first-order valence-corrected chi connectivity index (χ1v) is 10.7. The molecule has 6 nitrogen and oxygen atoms in total. The number of benzene rings is 2. The van der Waals surface area contributed by atoms with Crippen LogP contribution >= 0.6 is 11.3 Å². The second kappa shape index (κ2) is 9.11. The van der Waals surface area contributed by atoms with Crippen molar-refractivity contribution in [2.24, 2.45) is 0 Å². The van der Waals surface area contributed by atoms with Crippen LogP contribution in [0.1, 0.15) is 22.2 Å². The molecule has 1 N–H and O–H groups in total. The zero-order valence-corrected chi connectivity index (χ0v) is 18.6. The Bertz CT molecular complexity index is 1320. The van der Waals surface area contributed by atoms with Gasteiger partial charge < -0.3 is 19.2 Å². The summed E-state index contributed by atoms with van der Waals surface area (Å²) in [6.07, 6.45) is 3.20. The van der Waals surface area contributed by atoms with E-state index in [4.69, 9.17) is 13.9 Å². The van der Waals surface area contributed by atoms with E-state index >= 15 is 0 Å². The molecule has 0 spiro atoms. The molecule has 0 fully saturated rings. The highest BCUT2D eigenvalue weighted by Gasteiger charge is 2.17. The van der Waals surface area contributed by atoms with E-state index in [9.17, 15) is 9.59 Å². The molecule has 0 aliphatic carbocycles. The van der Waals surface area contributed by atoms with Gasteiger partial charge in [-0.05, 0) is 35.6 Å². The van der Waals surface area contributed by atoms with Crippen molar-refractivity contribution in [3.05, 3.63) is 76.7 Å².